The van der Waals surface area contributed by atoms with Gasteiger partial charge in [-0.3, -0.25) is 9.52 Å². The number of hydrogen-bond acceptors (Lipinski definition) is 3. The minimum absolute atomic E-state index is 0.0943. The van der Waals surface area contributed by atoms with Crippen LogP contribution in [0.1, 0.15) is 22.8 Å². The highest BCUT2D eigenvalue weighted by Crippen LogP contribution is 2.19. The van der Waals surface area contributed by atoms with Gasteiger partial charge in [0.1, 0.15) is 0 Å². The molecule has 6 heteroatoms. The summed E-state index contributed by atoms with van der Waals surface area (Å²) < 4.78 is 27.4. The van der Waals surface area contributed by atoms with E-state index >= 15 is 0 Å². The molecule has 1 amide bonds. The molecule has 0 bridgehead atoms. The molecular weight excluding hydrogens is 360 g/mol. The number of para-hydroxylation sites is 2. The van der Waals surface area contributed by atoms with E-state index in [4.69, 9.17) is 0 Å². The second-order valence-electron chi connectivity index (χ2n) is 5.96. The Kier molecular flexibility index (Phi) is 5.57. The molecular formula is C21H20N2O3S. The SMILES string of the molecule is CCc1ccccc1NC(=O)c1ccc(S(=O)(=O)Nc2ccccc2)cc1. The number of amides is 1. The van der Waals surface area contributed by atoms with Crippen molar-refractivity contribution in [2.24, 2.45) is 0 Å². The summed E-state index contributed by atoms with van der Waals surface area (Å²) in [4.78, 5) is 12.6. The number of nitrogens with one attached hydrogen (secondary N) is 2. The van der Waals surface area contributed by atoms with Gasteiger partial charge >= 0.3 is 0 Å². The summed E-state index contributed by atoms with van der Waals surface area (Å²) in [6.07, 6.45) is 0.804. The Bertz CT molecular complexity index is 1030. The fourth-order valence-electron chi connectivity index (χ4n) is 2.65. The van der Waals surface area contributed by atoms with Crippen LogP contribution in [-0.4, -0.2) is 14.3 Å². The number of benzene rings is 3. The molecule has 0 radical (unpaired) electrons. The molecule has 27 heavy (non-hydrogen) atoms. The number of aryl methyl sites for hydroxylation is 1. The Hall–Kier alpha value is -3.12. The number of sulfonamides is 1. The largest absolute Gasteiger partial charge is 0.322 e. The van der Waals surface area contributed by atoms with Crippen molar-refractivity contribution >= 4 is 27.3 Å². The molecule has 0 aliphatic heterocycles. The topological polar surface area (TPSA) is 75.3 Å². The van der Waals surface area contributed by atoms with Gasteiger partial charge < -0.3 is 5.32 Å². The lowest BCUT2D eigenvalue weighted by atomic mass is 10.1. The standard InChI is InChI=1S/C21H20N2O3S/c1-2-16-8-6-7-11-20(16)22-21(24)17-12-14-19(15-13-17)27(25,26)23-18-9-4-3-5-10-18/h3-15,23H,2H2,1H3,(H,22,24). The maximum Gasteiger partial charge on any atom is 0.261 e. The molecule has 0 atom stereocenters. The molecule has 2 N–H and O–H groups in total. The quantitative estimate of drug-likeness (QED) is 0.669. The zero-order valence-corrected chi connectivity index (χ0v) is 15.7. The first-order valence-electron chi connectivity index (χ1n) is 8.57. The Labute approximate surface area is 159 Å². The molecule has 0 heterocycles. The number of carbonyl (C=O) groups excluding carboxylic acids is 1. The molecule has 0 spiro atoms. The van der Waals surface area contributed by atoms with Crippen LogP contribution in [0.2, 0.25) is 0 Å². The van der Waals surface area contributed by atoms with E-state index in [1.54, 1.807) is 24.3 Å². The lowest BCUT2D eigenvalue weighted by Gasteiger charge is -2.11. The summed E-state index contributed by atoms with van der Waals surface area (Å²) in [6.45, 7) is 2.02. The van der Waals surface area contributed by atoms with Crippen molar-refractivity contribution in [3.8, 4) is 0 Å². The van der Waals surface area contributed by atoms with E-state index in [0.717, 1.165) is 17.7 Å². The van der Waals surface area contributed by atoms with Crippen LogP contribution < -0.4 is 10.0 Å². The van der Waals surface area contributed by atoms with E-state index in [1.165, 1.54) is 24.3 Å². The predicted molar refractivity (Wildman–Crippen MR) is 107 cm³/mol. The van der Waals surface area contributed by atoms with Gasteiger partial charge in [-0.2, -0.15) is 0 Å². The second-order valence-corrected chi connectivity index (χ2v) is 7.64. The molecule has 0 saturated heterocycles. The summed E-state index contributed by atoms with van der Waals surface area (Å²) in [5, 5.41) is 2.87. The molecule has 0 unspecified atom stereocenters. The zero-order chi connectivity index (χ0) is 19.3. The van der Waals surface area contributed by atoms with Gasteiger partial charge in [-0.05, 0) is 54.4 Å². The summed E-state index contributed by atoms with van der Waals surface area (Å²) in [6, 6.07) is 22.1. The minimum Gasteiger partial charge on any atom is -0.322 e. The van der Waals surface area contributed by atoms with Gasteiger partial charge in [-0.15, -0.1) is 0 Å². The van der Waals surface area contributed by atoms with E-state index in [0.29, 0.717) is 11.3 Å². The highest BCUT2D eigenvalue weighted by molar-refractivity contribution is 7.92. The summed E-state index contributed by atoms with van der Waals surface area (Å²) in [5.41, 5.74) is 2.67. The third-order valence-corrected chi connectivity index (χ3v) is 5.50. The van der Waals surface area contributed by atoms with Crippen molar-refractivity contribution in [1.29, 1.82) is 0 Å². The van der Waals surface area contributed by atoms with Crippen molar-refractivity contribution in [1.82, 2.24) is 0 Å². The van der Waals surface area contributed by atoms with Crippen molar-refractivity contribution in [3.63, 3.8) is 0 Å². The first-order chi connectivity index (χ1) is 13.0. The molecule has 3 aromatic carbocycles. The van der Waals surface area contributed by atoms with Crippen LogP contribution in [-0.2, 0) is 16.4 Å². The molecule has 0 saturated carbocycles. The molecule has 138 valence electrons. The van der Waals surface area contributed by atoms with Crippen molar-refractivity contribution < 1.29 is 13.2 Å². The highest BCUT2D eigenvalue weighted by Gasteiger charge is 2.15. The van der Waals surface area contributed by atoms with Gasteiger partial charge in [0.05, 0.1) is 4.90 Å². The fourth-order valence-corrected chi connectivity index (χ4v) is 3.71. The van der Waals surface area contributed by atoms with Gasteiger partial charge in [0.15, 0.2) is 0 Å². The van der Waals surface area contributed by atoms with Gasteiger partial charge in [0.25, 0.3) is 15.9 Å². The monoisotopic (exact) mass is 380 g/mol. The third kappa shape index (κ3) is 4.54. The first-order valence-corrected chi connectivity index (χ1v) is 10.0. The van der Waals surface area contributed by atoms with E-state index < -0.39 is 10.0 Å². The van der Waals surface area contributed by atoms with Crippen LogP contribution in [0.5, 0.6) is 0 Å². The molecule has 0 aliphatic carbocycles. The van der Waals surface area contributed by atoms with Gasteiger partial charge in [0.2, 0.25) is 0 Å². The van der Waals surface area contributed by atoms with E-state index in [2.05, 4.69) is 10.0 Å². The lowest BCUT2D eigenvalue weighted by Crippen LogP contribution is -2.15. The summed E-state index contributed by atoms with van der Waals surface area (Å²) in [5.74, 6) is -0.282. The molecule has 3 rings (SSSR count). The Morgan fingerprint density at radius 1 is 0.852 bits per heavy atom. The van der Waals surface area contributed by atoms with Crippen LogP contribution in [0.3, 0.4) is 0 Å². The van der Waals surface area contributed by atoms with Crippen LogP contribution in [0, 0.1) is 0 Å². The Balaban J connectivity index is 1.75. The average Bonchev–Trinajstić information content (AvgIpc) is 2.69. The predicted octanol–water partition coefficient (Wildman–Crippen LogP) is 4.30. The zero-order valence-electron chi connectivity index (χ0n) is 14.8. The fraction of sp³-hybridized carbons (Fsp3) is 0.0952. The minimum atomic E-state index is -3.71. The van der Waals surface area contributed by atoms with Crippen LogP contribution in [0.4, 0.5) is 11.4 Å². The Morgan fingerprint density at radius 3 is 2.15 bits per heavy atom. The maximum absolute atomic E-state index is 12.5. The van der Waals surface area contributed by atoms with Gasteiger partial charge in [-0.1, -0.05) is 43.3 Å². The second kappa shape index (κ2) is 8.05. The van der Waals surface area contributed by atoms with Crippen molar-refractivity contribution in [2.75, 3.05) is 10.0 Å². The number of carbonyl (C=O) groups is 1. The first kappa shape index (κ1) is 18.7. The molecule has 0 fully saturated rings. The van der Waals surface area contributed by atoms with Crippen molar-refractivity contribution in [2.45, 2.75) is 18.2 Å². The number of anilines is 2. The molecule has 0 aromatic heterocycles. The van der Waals surface area contributed by atoms with Gasteiger partial charge in [-0.25, -0.2) is 8.42 Å². The van der Waals surface area contributed by atoms with Crippen LogP contribution in [0.25, 0.3) is 0 Å². The van der Waals surface area contributed by atoms with E-state index in [9.17, 15) is 13.2 Å². The highest BCUT2D eigenvalue weighted by atomic mass is 32.2. The van der Waals surface area contributed by atoms with E-state index in [-0.39, 0.29) is 10.8 Å². The average molecular weight is 380 g/mol. The van der Waals surface area contributed by atoms with Crippen molar-refractivity contribution in [3.05, 3.63) is 90.0 Å². The third-order valence-electron chi connectivity index (χ3n) is 4.10. The Morgan fingerprint density at radius 2 is 1.48 bits per heavy atom. The molecule has 3 aromatic rings. The summed E-state index contributed by atoms with van der Waals surface area (Å²) in [7, 11) is -3.71. The number of rotatable bonds is 6. The lowest BCUT2D eigenvalue weighted by molar-refractivity contribution is 0.102. The molecule has 0 aliphatic rings. The smallest absolute Gasteiger partial charge is 0.261 e. The van der Waals surface area contributed by atoms with Crippen LogP contribution >= 0.6 is 0 Å². The number of hydrogen-bond donors (Lipinski definition) is 2. The summed E-state index contributed by atoms with van der Waals surface area (Å²) >= 11 is 0. The normalized spacial score (nSPS) is 11.0. The molecule has 5 nitrogen and oxygen atoms in total. The van der Waals surface area contributed by atoms with Gasteiger partial charge in [0, 0.05) is 16.9 Å². The maximum atomic E-state index is 12.5. The van der Waals surface area contributed by atoms with E-state index in [1.807, 2.05) is 37.3 Å². The van der Waals surface area contributed by atoms with Crippen LogP contribution in [0.15, 0.2) is 83.8 Å².